The van der Waals surface area contributed by atoms with E-state index in [0.29, 0.717) is 19.4 Å². The molecule has 17 heavy (non-hydrogen) atoms. The van der Waals surface area contributed by atoms with Crippen LogP contribution in [-0.4, -0.2) is 11.6 Å². The van der Waals surface area contributed by atoms with E-state index in [4.69, 9.17) is 0 Å². The fraction of sp³-hybridized carbons (Fsp3) is 0.231. The molecule has 0 aliphatic heterocycles. The molecule has 88 valence electrons. The summed E-state index contributed by atoms with van der Waals surface area (Å²) in [5.74, 6) is -0.159. The lowest BCUT2D eigenvalue weighted by atomic mass is 10.2. The molecule has 4 nitrogen and oxygen atoms in total. The minimum atomic E-state index is -0.0796. The first-order valence-electron chi connectivity index (χ1n) is 5.56. The average Bonchev–Trinajstić information content (AvgIpc) is 2.67. The van der Waals surface area contributed by atoms with Crippen LogP contribution in [0.1, 0.15) is 18.4 Å². The highest BCUT2D eigenvalue weighted by Crippen LogP contribution is 2.15. The van der Waals surface area contributed by atoms with Gasteiger partial charge < -0.3 is 5.43 Å². The highest BCUT2D eigenvalue weighted by molar-refractivity contribution is 6.25. The Labute approximate surface area is 99.7 Å². The Kier molecular flexibility index (Phi) is 3.67. The van der Waals surface area contributed by atoms with Crippen molar-refractivity contribution in [2.45, 2.75) is 19.4 Å². The van der Waals surface area contributed by atoms with Crippen LogP contribution in [0.25, 0.3) is 0 Å². The molecule has 1 aromatic rings. The third kappa shape index (κ3) is 3.01. The molecule has 0 heterocycles. The lowest BCUT2D eigenvalue weighted by Crippen LogP contribution is -2.27. The minimum Gasteiger partial charge on any atom is -0.328 e. The monoisotopic (exact) mass is 230 g/mol. The number of rotatable bonds is 4. The zero-order valence-corrected chi connectivity index (χ0v) is 9.40. The topological polar surface area (TPSA) is 58.2 Å². The van der Waals surface area contributed by atoms with E-state index in [2.05, 4.69) is 10.9 Å². The SMILES string of the molecule is O=C1CCC(=O)C1=CNNCc1ccccc1. The zero-order valence-electron chi connectivity index (χ0n) is 9.40. The number of carbonyl (C=O) groups excluding carboxylic acids is 2. The van der Waals surface area contributed by atoms with Gasteiger partial charge in [-0.05, 0) is 5.56 Å². The Bertz CT molecular complexity index is 434. The zero-order chi connectivity index (χ0) is 12.1. The molecule has 0 unspecified atom stereocenters. The Morgan fingerprint density at radius 2 is 1.71 bits per heavy atom. The van der Waals surface area contributed by atoms with Crippen LogP contribution in [0.4, 0.5) is 0 Å². The van der Waals surface area contributed by atoms with Gasteiger partial charge in [0.25, 0.3) is 0 Å². The van der Waals surface area contributed by atoms with E-state index in [1.165, 1.54) is 6.20 Å². The van der Waals surface area contributed by atoms with Gasteiger partial charge in [-0.3, -0.25) is 9.59 Å². The molecule has 0 spiro atoms. The molecule has 1 aromatic carbocycles. The highest BCUT2D eigenvalue weighted by Gasteiger charge is 2.25. The predicted molar refractivity (Wildman–Crippen MR) is 63.7 cm³/mol. The number of hydrazine groups is 1. The van der Waals surface area contributed by atoms with Gasteiger partial charge in [-0.2, -0.15) is 0 Å². The average molecular weight is 230 g/mol. The van der Waals surface area contributed by atoms with Gasteiger partial charge in [-0.15, -0.1) is 0 Å². The van der Waals surface area contributed by atoms with Gasteiger partial charge in [0.05, 0.1) is 5.57 Å². The molecular formula is C13H14N2O2. The van der Waals surface area contributed by atoms with Crippen LogP contribution in [0.2, 0.25) is 0 Å². The van der Waals surface area contributed by atoms with Gasteiger partial charge in [-0.1, -0.05) is 30.3 Å². The molecule has 0 atom stereocenters. The third-order valence-corrected chi connectivity index (χ3v) is 2.63. The molecule has 1 fully saturated rings. The van der Waals surface area contributed by atoms with Crippen molar-refractivity contribution in [3.63, 3.8) is 0 Å². The van der Waals surface area contributed by atoms with Crippen molar-refractivity contribution < 1.29 is 9.59 Å². The van der Waals surface area contributed by atoms with E-state index < -0.39 is 0 Å². The van der Waals surface area contributed by atoms with Crippen LogP contribution in [-0.2, 0) is 16.1 Å². The van der Waals surface area contributed by atoms with E-state index in [9.17, 15) is 9.59 Å². The summed E-state index contributed by atoms with van der Waals surface area (Å²) in [6.07, 6.45) is 2.14. The van der Waals surface area contributed by atoms with Crippen molar-refractivity contribution in [2.75, 3.05) is 0 Å². The van der Waals surface area contributed by atoms with Gasteiger partial charge in [0.15, 0.2) is 11.6 Å². The lowest BCUT2D eigenvalue weighted by molar-refractivity contribution is -0.116. The number of nitrogens with one attached hydrogen (secondary N) is 2. The maximum atomic E-state index is 11.3. The van der Waals surface area contributed by atoms with E-state index in [1.54, 1.807) is 0 Å². The lowest BCUT2D eigenvalue weighted by Gasteiger charge is -2.04. The molecule has 1 aliphatic rings. The largest absolute Gasteiger partial charge is 0.328 e. The molecule has 0 amide bonds. The summed E-state index contributed by atoms with van der Waals surface area (Å²) < 4.78 is 0. The first-order chi connectivity index (χ1) is 8.27. The first kappa shape index (κ1) is 11.5. The molecule has 2 rings (SSSR count). The summed E-state index contributed by atoms with van der Waals surface area (Å²) in [7, 11) is 0. The molecule has 4 heteroatoms. The van der Waals surface area contributed by atoms with Gasteiger partial charge >= 0.3 is 0 Å². The quantitative estimate of drug-likeness (QED) is 0.352. The van der Waals surface area contributed by atoms with Crippen molar-refractivity contribution in [2.24, 2.45) is 0 Å². The highest BCUT2D eigenvalue weighted by atomic mass is 16.2. The van der Waals surface area contributed by atoms with Crippen molar-refractivity contribution in [1.82, 2.24) is 10.9 Å². The molecule has 2 N–H and O–H groups in total. The van der Waals surface area contributed by atoms with Crippen molar-refractivity contribution in [1.29, 1.82) is 0 Å². The third-order valence-electron chi connectivity index (χ3n) is 2.63. The smallest absolute Gasteiger partial charge is 0.168 e. The van der Waals surface area contributed by atoms with Crippen LogP contribution < -0.4 is 10.9 Å². The summed E-state index contributed by atoms with van der Waals surface area (Å²) >= 11 is 0. The Morgan fingerprint density at radius 1 is 1.06 bits per heavy atom. The maximum Gasteiger partial charge on any atom is 0.168 e. The Balaban J connectivity index is 1.82. The molecule has 1 aliphatic carbocycles. The van der Waals surface area contributed by atoms with Crippen LogP contribution in [0, 0.1) is 0 Å². The van der Waals surface area contributed by atoms with E-state index >= 15 is 0 Å². The summed E-state index contributed by atoms with van der Waals surface area (Å²) in [6.45, 7) is 0.632. The second-order valence-corrected chi connectivity index (χ2v) is 3.89. The summed E-state index contributed by atoms with van der Waals surface area (Å²) in [5, 5.41) is 0. The maximum absolute atomic E-state index is 11.3. The van der Waals surface area contributed by atoms with Crippen molar-refractivity contribution in [3.05, 3.63) is 47.7 Å². The standard InChI is InChI=1S/C13H14N2O2/c16-12-6-7-13(17)11(12)9-15-14-8-10-4-2-1-3-5-10/h1-5,9,14-15H,6-8H2. The second-order valence-electron chi connectivity index (χ2n) is 3.89. The number of allylic oxidation sites excluding steroid dienone is 1. The van der Waals surface area contributed by atoms with Crippen molar-refractivity contribution in [3.8, 4) is 0 Å². The van der Waals surface area contributed by atoms with E-state index in [-0.39, 0.29) is 17.1 Å². The predicted octanol–water partition coefficient (Wildman–Crippen LogP) is 1.10. The fourth-order valence-corrected chi connectivity index (χ4v) is 1.69. The van der Waals surface area contributed by atoms with Gasteiger partial charge in [0.2, 0.25) is 0 Å². The molecule has 0 saturated heterocycles. The minimum absolute atomic E-state index is 0.0796. The van der Waals surface area contributed by atoms with Crippen LogP contribution in [0.15, 0.2) is 42.1 Å². The second kappa shape index (κ2) is 5.41. The molecule has 0 bridgehead atoms. The molecule has 1 saturated carbocycles. The number of carbonyl (C=O) groups is 2. The van der Waals surface area contributed by atoms with Crippen molar-refractivity contribution >= 4 is 11.6 Å². The van der Waals surface area contributed by atoms with Gasteiger partial charge in [-0.25, -0.2) is 5.43 Å². The van der Waals surface area contributed by atoms with E-state index in [1.807, 2.05) is 30.3 Å². The fourth-order valence-electron chi connectivity index (χ4n) is 1.69. The normalized spacial score (nSPS) is 15.2. The number of ketones is 2. The van der Waals surface area contributed by atoms with Crippen LogP contribution >= 0.6 is 0 Å². The molecule has 0 radical (unpaired) electrons. The first-order valence-corrected chi connectivity index (χ1v) is 5.56. The van der Waals surface area contributed by atoms with Crippen LogP contribution in [0.5, 0.6) is 0 Å². The Hall–Kier alpha value is -1.94. The number of Topliss-reactive ketones (excluding diaryl/α,β-unsaturated/α-hetero) is 2. The number of hydrogen-bond acceptors (Lipinski definition) is 4. The van der Waals surface area contributed by atoms with Gasteiger partial charge in [0, 0.05) is 25.6 Å². The summed E-state index contributed by atoms with van der Waals surface area (Å²) in [4.78, 5) is 22.6. The van der Waals surface area contributed by atoms with Gasteiger partial charge in [0.1, 0.15) is 0 Å². The number of benzene rings is 1. The summed E-state index contributed by atoms with van der Waals surface area (Å²) in [6, 6.07) is 9.86. The van der Waals surface area contributed by atoms with E-state index in [0.717, 1.165) is 5.56 Å². The van der Waals surface area contributed by atoms with Crippen LogP contribution in [0.3, 0.4) is 0 Å². The summed E-state index contributed by atoms with van der Waals surface area (Å²) in [5.41, 5.74) is 7.12. The Morgan fingerprint density at radius 3 is 2.35 bits per heavy atom. The molecular weight excluding hydrogens is 216 g/mol. The number of hydrogen-bond donors (Lipinski definition) is 2. The molecule has 0 aromatic heterocycles.